The Kier molecular flexibility index (Phi) is 5.82. The SMILES string of the molecule is Cc1ccc([C@@H](CNC(=O)c2ccc(F)cc2)N2CCCCC2)cc1. The van der Waals surface area contributed by atoms with Crippen molar-refractivity contribution in [3.05, 3.63) is 71.0 Å². The van der Waals surface area contributed by atoms with Crippen molar-refractivity contribution < 1.29 is 9.18 Å². The molecule has 4 heteroatoms. The normalized spacial score (nSPS) is 16.4. The summed E-state index contributed by atoms with van der Waals surface area (Å²) >= 11 is 0. The molecule has 1 atom stereocenters. The minimum absolute atomic E-state index is 0.158. The molecule has 1 saturated heterocycles. The van der Waals surface area contributed by atoms with E-state index >= 15 is 0 Å². The van der Waals surface area contributed by atoms with Gasteiger partial charge in [-0.1, -0.05) is 36.2 Å². The predicted octanol–water partition coefficient (Wildman–Crippen LogP) is 4.09. The fourth-order valence-corrected chi connectivity index (χ4v) is 3.37. The predicted molar refractivity (Wildman–Crippen MR) is 98.1 cm³/mol. The van der Waals surface area contributed by atoms with E-state index in [1.54, 1.807) is 0 Å². The molecule has 25 heavy (non-hydrogen) atoms. The third kappa shape index (κ3) is 4.67. The number of benzene rings is 2. The van der Waals surface area contributed by atoms with Crippen LogP contribution in [0.5, 0.6) is 0 Å². The first-order chi connectivity index (χ1) is 12.1. The summed E-state index contributed by atoms with van der Waals surface area (Å²) in [5.74, 6) is -0.489. The summed E-state index contributed by atoms with van der Waals surface area (Å²) in [7, 11) is 0. The van der Waals surface area contributed by atoms with E-state index in [2.05, 4.69) is 41.4 Å². The molecule has 2 aromatic carbocycles. The van der Waals surface area contributed by atoms with Crippen molar-refractivity contribution in [1.29, 1.82) is 0 Å². The third-order valence-corrected chi connectivity index (χ3v) is 4.86. The van der Waals surface area contributed by atoms with Gasteiger partial charge in [-0.25, -0.2) is 4.39 Å². The van der Waals surface area contributed by atoms with Gasteiger partial charge in [0.05, 0.1) is 6.04 Å². The molecule has 1 aliphatic heterocycles. The average Bonchev–Trinajstić information content (AvgIpc) is 2.64. The fraction of sp³-hybridized carbons (Fsp3) is 0.381. The van der Waals surface area contributed by atoms with E-state index in [9.17, 15) is 9.18 Å². The van der Waals surface area contributed by atoms with Crippen molar-refractivity contribution in [1.82, 2.24) is 10.2 Å². The van der Waals surface area contributed by atoms with Crippen LogP contribution in [0.15, 0.2) is 48.5 Å². The van der Waals surface area contributed by atoms with Gasteiger partial charge in [-0.05, 0) is 62.7 Å². The van der Waals surface area contributed by atoms with Crippen LogP contribution in [-0.2, 0) is 0 Å². The van der Waals surface area contributed by atoms with E-state index in [-0.39, 0.29) is 17.8 Å². The van der Waals surface area contributed by atoms with Crippen LogP contribution in [0.2, 0.25) is 0 Å². The van der Waals surface area contributed by atoms with E-state index in [1.807, 2.05) is 0 Å². The molecular weight excluding hydrogens is 315 g/mol. The van der Waals surface area contributed by atoms with Gasteiger partial charge < -0.3 is 5.32 Å². The average molecular weight is 340 g/mol. The number of carbonyl (C=O) groups excluding carboxylic acids is 1. The van der Waals surface area contributed by atoms with Gasteiger partial charge in [-0.3, -0.25) is 9.69 Å². The molecule has 3 rings (SSSR count). The maximum Gasteiger partial charge on any atom is 0.251 e. The molecule has 0 aliphatic carbocycles. The minimum Gasteiger partial charge on any atom is -0.350 e. The molecule has 1 N–H and O–H groups in total. The van der Waals surface area contributed by atoms with Crippen LogP contribution in [-0.4, -0.2) is 30.4 Å². The minimum atomic E-state index is -0.331. The molecule has 1 fully saturated rings. The van der Waals surface area contributed by atoms with Crippen LogP contribution in [0.1, 0.15) is 46.8 Å². The first-order valence-corrected chi connectivity index (χ1v) is 8.98. The molecule has 0 unspecified atom stereocenters. The summed E-state index contributed by atoms with van der Waals surface area (Å²) in [5.41, 5.74) is 2.95. The Balaban J connectivity index is 1.71. The molecule has 3 nitrogen and oxygen atoms in total. The molecule has 0 saturated carbocycles. The largest absolute Gasteiger partial charge is 0.350 e. The zero-order valence-corrected chi connectivity index (χ0v) is 14.7. The molecular formula is C21H25FN2O. The highest BCUT2D eigenvalue weighted by Crippen LogP contribution is 2.24. The smallest absolute Gasteiger partial charge is 0.251 e. The number of piperidine rings is 1. The highest BCUT2D eigenvalue weighted by atomic mass is 19.1. The number of likely N-dealkylation sites (tertiary alicyclic amines) is 1. The second-order valence-electron chi connectivity index (χ2n) is 6.74. The molecule has 0 spiro atoms. The zero-order chi connectivity index (χ0) is 17.6. The molecule has 0 bridgehead atoms. The van der Waals surface area contributed by atoms with Crippen molar-refractivity contribution >= 4 is 5.91 Å². The van der Waals surface area contributed by atoms with Gasteiger partial charge >= 0.3 is 0 Å². The van der Waals surface area contributed by atoms with Crippen LogP contribution in [0.4, 0.5) is 4.39 Å². The molecule has 1 aliphatic rings. The van der Waals surface area contributed by atoms with Crippen molar-refractivity contribution in [2.75, 3.05) is 19.6 Å². The number of carbonyl (C=O) groups is 1. The summed E-state index contributed by atoms with van der Waals surface area (Å²) in [6.07, 6.45) is 3.68. The molecule has 1 heterocycles. The van der Waals surface area contributed by atoms with Crippen LogP contribution in [0, 0.1) is 12.7 Å². The molecule has 132 valence electrons. The maximum atomic E-state index is 13.0. The summed E-state index contributed by atoms with van der Waals surface area (Å²) in [4.78, 5) is 14.8. The Morgan fingerprint density at radius 2 is 1.68 bits per heavy atom. The van der Waals surface area contributed by atoms with E-state index in [0.717, 1.165) is 13.1 Å². The topological polar surface area (TPSA) is 32.3 Å². The van der Waals surface area contributed by atoms with Crippen molar-refractivity contribution in [2.24, 2.45) is 0 Å². The number of rotatable bonds is 5. The molecule has 1 amide bonds. The molecule has 0 aromatic heterocycles. The van der Waals surface area contributed by atoms with Crippen molar-refractivity contribution in [2.45, 2.75) is 32.2 Å². The quantitative estimate of drug-likeness (QED) is 0.889. The maximum absolute atomic E-state index is 13.0. The summed E-state index contributed by atoms with van der Waals surface area (Å²) in [6, 6.07) is 14.4. The van der Waals surface area contributed by atoms with Gasteiger partial charge in [0.15, 0.2) is 0 Å². The first-order valence-electron chi connectivity index (χ1n) is 8.98. The van der Waals surface area contributed by atoms with E-state index in [4.69, 9.17) is 0 Å². The lowest BCUT2D eigenvalue weighted by Gasteiger charge is -2.35. The fourth-order valence-electron chi connectivity index (χ4n) is 3.37. The lowest BCUT2D eigenvalue weighted by atomic mass is 10.0. The number of nitrogens with zero attached hydrogens (tertiary/aromatic N) is 1. The summed E-state index contributed by atoms with van der Waals surface area (Å²) < 4.78 is 13.0. The lowest BCUT2D eigenvalue weighted by Crippen LogP contribution is -2.40. The van der Waals surface area contributed by atoms with Crippen molar-refractivity contribution in [3.8, 4) is 0 Å². The highest BCUT2D eigenvalue weighted by molar-refractivity contribution is 5.94. The van der Waals surface area contributed by atoms with Crippen molar-refractivity contribution in [3.63, 3.8) is 0 Å². The second-order valence-corrected chi connectivity index (χ2v) is 6.74. The van der Waals surface area contributed by atoms with Gasteiger partial charge in [0.25, 0.3) is 5.91 Å². The zero-order valence-electron chi connectivity index (χ0n) is 14.7. The van der Waals surface area contributed by atoms with E-state index in [1.165, 1.54) is 54.7 Å². The number of hydrogen-bond acceptors (Lipinski definition) is 2. The Labute approximate surface area is 148 Å². The van der Waals surface area contributed by atoms with Crippen LogP contribution >= 0.6 is 0 Å². The first kappa shape index (κ1) is 17.6. The molecule has 2 aromatic rings. The van der Waals surface area contributed by atoms with Gasteiger partial charge in [0.1, 0.15) is 5.82 Å². The highest BCUT2D eigenvalue weighted by Gasteiger charge is 2.23. The Morgan fingerprint density at radius 1 is 1.04 bits per heavy atom. The van der Waals surface area contributed by atoms with Gasteiger partial charge in [0.2, 0.25) is 0 Å². The Hall–Kier alpha value is -2.20. The summed E-state index contributed by atoms with van der Waals surface area (Å²) in [5, 5.41) is 3.03. The lowest BCUT2D eigenvalue weighted by molar-refractivity contribution is 0.0924. The van der Waals surface area contributed by atoms with Gasteiger partial charge in [0, 0.05) is 12.1 Å². The Bertz CT molecular complexity index is 691. The van der Waals surface area contributed by atoms with Gasteiger partial charge in [-0.2, -0.15) is 0 Å². The van der Waals surface area contributed by atoms with E-state index in [0.29, 0.717) is 12.1 Å². The number of amides is 1. The van der Waals surface area contributed by atoms with E-state index < -0.39 is 0 Å². The summed E-state index contributed by atoms with van der Waals surface area (Å²) in [6.45, 7) is 4.76. The number of halogens is 1. The number of aryl methyl sites for hydroxylation is 1. The van der Waals surface area contributed by atoms with Gasteiger partial charge in [-0.15, -0.1) is 0 Å². The second kappa shape index (κ2) is 8.26. The third-order valence-electron chi connectivity index (χ3n) is 4.86. The monoisotopic (exact) mass is 340 g/mol. The van der Waals surface area contributed by atoms with Crippen LogP contribution < -0.4 is 5.32 Å². The molecule has 0 radical (unpaired) electrons. The number of hydrogen-bond donors (Lipinski definition) is 1. The van der Waals surface area contributed by atoms with Crippen LogP contribution in [0.3, 0.4) is 0 Å². The Morgan fingerprint density at radius 3 is 2.32 bits per heavy atom. The number of nitrogens with one attached hydrogen (secondary N) is 1. The standard InChI is InChI=1S/C21H25FN2O/c1-16-5-7-17(8-6-16)20(24-13-3-2-4-14-24)15-23-21(25)18-9-11-19(22)12-10-18/h5-12,20H,2-4,13-15H2,1H3,(H,23,25)/t20-/m1/s1. The van der Waals surface area contributed by atoms with Crippen LogP contribution in [0.25, 0.3) is 0 Å².